The van der Waals surface area contributed by atoms with Crippen LogP contribution in [0.4, 0.5) is 0 Å². The second-order valence-electron chi connectivity index (χ2n) is 5.20. The highest BCUT2D eigenvalue weighted by Gasteiger charge is 2.12. The summed E-state index contributed by atoms with van der Waals surface area (Å²) in [7, 11) is 2.21. The highest BCUT2D eigenvalue weighted by atomic mass is 15.1. The maximum Gasteiger partial charge on any atom is 0.0233 e. The molecule has 1 aliphatic rings. The van der Waals surface area contributed by atoms with Gasteiger partial charge in [-0.25, -0.2) is 0 Å². The summed E-state index contributed by atoms with van der Waals surface area (Å²) in [6.07, 6.45) is 2.22. The zero-order chi connectivity index (χ0) is 12.4. The van der Waals surface area contributed by atoms with E-state index in [-0.39, 0.29) is 0 Å². The number of likely N-dealkylation sites (N-methyl/N-ethyl adjacent to an activating group) is 1. The fourth-order valence-corrected chi connectivity index (χ4v) is 2.74. The zero-order valence-electron chi connectivity index (χ0n) is 10.9. The van der Waals surface area contributed by atoms with E-state index in [1.165, 1.54) is 22.3 Å². The predicted molar refractivity (Wildman–Crippen MR) is 75.7 cm³/mol. The summed E-state index contributed by atoms with van der Waals surface area (Å²) in [5.74, 6) is 0. The van der Waals surface area contributed by atoms with Gasteiger partial charge in [-0.2, -0.15) is 0 Å². The van der Waals surface area contributed by atoms with Crippen LogP contribution in [-0.4, -0.2) is 18.5 Å². The summed E-state index contributed by atoms with van der Waals surface area (Å²) in [6.45, 7) is 2.19. The van der Waals surface area contributed by atoms with Crippen molar-refractivity contribution < 1.29 is 0 Å². The van der Waals surface area contributed by atoms with Gasteiger partial charge in [0, 0.05) is 13.1 Å². The molecule has 2 aromatic carbocycles. The number of hydrogen-bond donors (Lipinski definition) is 0. The van der Waals surface area contributed by atoms with Gasteiger partial charge in [0.2, 0.25) is 0 Å². The SMILES string of the molecule is CN1CCc2ccccc2Cc2ccccc2C1. The van der Waals surface area contributed by atoms with Gasteiger partial charge in [0.05, 0.1) is 0 Å². The Kier molecular flexibility index (Phi) is 3.16. The average molecular weight is 237 g/mol. The molecule has 0 amide bonds. The summed E-state index contributed by atoms with van der Waals surface area (Å²) < 4.78 is 0. The van der Waals surface area contributed by atoms with E-state index in [0.717, 1.165) is 25.9 Å². The maximum absolute atomic E-state index is 2.42. The van der Waals surface area contributed by atoms with Crippen LogP contribution in [0.25, 0.3) is 0 Å². The molecule has 0 aromatic heterocycles. The molecular weight excluding hydrogens is 218 g/mol. The molecule has 1 nitrogen and oxygen atoms in total. The van der Waals surface area contributed by atoms with Crippen LogP contribution < -0.4 is 0 Å². The standard InChI is InChI=1S/C17H19N/c1-18-11-10-14-6-2-3-7-15(14)12-16-8-4-5-9-17(16)13-18/h2-9H,10-13H2,1H3. The van der Waals surface area contributed by atoms with Crippen molar-refractivity contribution in [3.8, 4) is 0 Å². The second-order valence-corrected chi connectivity index (χ2v) is 5.20. The highest BCUT2D eigenvalue weighted by Crippen LogP contribution is 2.21. The lowest BCUT2D eigenvalue weighted by atomic mass is 9.96. The van der Waals surface area contributed by atoms with Gasteiger partial charge < -0.3 is 4.90 Å². The zero-order valence-corrected chi connectivity index (χ0v) is 10.9. The van der Waals surface area contributed by atoms with E-state index < -0.39 is 0 Å². The van der Waals surface area contributed by atoms with Crippen molar-refractivity contribution in [2.75, 3.05) is 13.6 Å². The monoisotopic (exact) mass is 237 g/mol. The molecule has 1 aliphatic heterocycles. The molecule has 0 fully saturated rings. The molecule has 0 bridgehead atoms. The van der Waals surface area contributed by atoms with Crippen LogP contribution in [0.1, 0.15) is 22.3 Å². The lowest BCUT2D eigenvalue weighted by Gasteiger charge is -2.16. The molecule has 0 unspecified atom stereocenters. The van der Waals surface area contributed by atoms with E-state index in [1.54, 1.807) is 0 Å². The molecule has 0 atom stereocenters. The third-order valence-electron chi connectivity index (χ3n) is 3.82. The Bertz CT molecular complexity index is 545. The Labute approximate surface area is 109 Å². The first-order valence-corrected chi connectivity index (χ1v) is 6.65. The largest absolute Gasteiger partial charge is 0.302 e. The maximum atomic E-state index is 2.42. The summed E-state index contributed by atoms with van der Waals surface area (Å²) >= 11 is 0. The van der Waals surface area contributed by atoms with E-state index in [2.05, 4.69) is 60.5 Å². The lowest BCUT2D eigenvalue weighted by Crippen LogP contribution is -2.20. The van der Waals surface area contributed by atoms with E-state index in [0.29, 0.717) is 0 Å². The minimum Gasteiger partial charge on any atom is -0.302 e. The van der Waals surface area contributed by atoms with Gasteiger partial charge in [-0.15, -0.1) is 0 Å². The van der Waals surface area contributed by atoms with Crippen molar-refractivity contribution in [1.29, 1.82) is 0 Å². The molecule has 0 saturated carbocycles. The molecule has 2 aromatic rings. The number of rotatable bonds is 0. The highest BCUT2D eigenvalue weighted by molar-refractivity contribution is 5.37. The van der Waals surface area contributed by atoms with Crippen molar-refractivity contribution in [2.24, 2.45) is 0 Å². The third-order valence-corrected chi connectivity index (χ3v) is 3.82. The fourth-order valence-electron chi connectivity index (χ4n) is 2.74. The van der Waals surface area contributed by atoms with E-state index >= 15 is 0 Å². The normalized spacial score (nSPS) is 16.1. The van der Waals surface area contributed by atoms with Crippen LogP contribution in [0, 0.1) is 0 Å². The predicted octanol–water partition coefficient (Wildman–Crippen LogP) is 3.27. The van der Waals surface area contributed by atoms with Gasteiger partial charge in [-0.1, -0.05) is 48.5 Å². The van der Waals surface area contributed by atoms with Crippen LogP contribution in [0.15, 0.2) is 48.5 Å². The van der Waals surface area contributed by atoms with Gasteiger partial charge in [0.25, 0.3) is 0 Å². The molecule has 3 rings (SSSR count). The average Bonchev–Trinajstić information content (AvgIpc) is 2.46. The van der Waals surface area contributed by atoms with E-state index in [9.17, 15) is 0 Å². The number of hydrogen-bond acceptors (Lipinski definition) is 1. The first kappa shape index (κ1) is 11.5. The first-order chi connectivity index (χ1) is 8.83. The van der Waals surface area contributed by atoms with Crippen molar-refractivity contribution in [1.82, 2.24) is 4.90 Å². The van der Waals surface area contributed by atoms with Crippen molar-refractivity contribution in [3.63, 3.8) is 0 Å². The third kappa shape index (κ3) is 2.32. The molecular formula is C17H19N. The number of nitrogens with zero attached hydrogens (tertiary/aromatic N) is 1. The minimum absolute atomic E-state index is 1.06. The smallest absolute Gasteiger partial charge is 0.0233 e. The van der Waals surface area contributed by atoms with Crippen LogP contribution in [-0.2, 0) is 19.4 Å². The number of benzene rings is 2. The van der Waals surface area contributed by atoms with Gasteiger partial charge in [0.1, 0.15) is 0 Å². The van der Waals surface area contributed by atoms with Gasteiger partial charge in [-0.3, -0.25) is 0 Å². The summed E-state index contributed by atoms with van der Waals surface area (Å²) in [4.78, 5) is 2.42. The summed E-state index contributed by atoms with van der Waals surface area (Å²) in [6, 6.07) is 17.7. The van der Waals surface area contributed by atoms with Gasteiger partial charge in [-0.05, 0) is 42.1 Å². The molecule has 1 heterocycles. The van der Waals surface area contributed by atoms with Crippen LogP contribution >= 0.6 is 0 Å². The van der Waals surface area contributed by atoms with Gasteiger partial charge in [0.15, 0.2) is 0 Å². The van der Waals surface area contributed by atoms with Crippen LogP contribution in [0.3, 0.4) is 0 Å². The molecule has 0 aliphatic carbocycles. The van der Waals surface area contributed by atoms with Crippen molar-refractivity contribution >= 4 is 0 Å². The van der Waals surface area contributed by atoms with Crippen LogP contribution in [0.5, 0.6) is 0 Å². The Hall–Kier alpha value is -1.60. The molecule has 1 heteroatoms. The minimum atomic E-state index is 1.06. The van der Waals surface area contributed by atoms with Crippen molar-refractivity contribution in [3.05, 3.63) is 70.8 Å². The number of fused-ring (bicyclic) bond motifs is 2. The molecule has 0 spiro atoms. The molecule has 0 saturated heterocycles. The Morgan fingerprint density at radius 2 is 1.33 bits per heavy atom. The molecule has 18 heavy (non-hydrogen) atoms. The van der Waals surface area contributed by atoms with Crippen LogP contribution in [0.2, 0.25) is 0 Å². The van der Waals surface area contributed by atoms with E-state index in [1.807, 2.05) is 0 Å². The van der Waals surface area contributed by atoms with Crippen molar-refractivity contribution in [2.45, 2.75) is 19.4 Å². The molecule has 0 radical (unpaired) electrons. The van der Waals surface area contributed by atoms with Gasteiger partial charge >= 0.3 is 0 Å². The Balaban J connectivity index is 2.06. The summed E-state index contributed by atoms with van der Waals surface area (Å²) in [5.41, 5.74) is 5.93. The fraction of sp³-hybridized carbons (Fsp3) is 0.294. The topological polar surface area (TPSA) is 3.24 Å². The first-order valence-electron chi connectivity index (χ1n) is 6.65. The summed E-state index contributed by atoms with van der Waals surface area (Å²) in [5, 5.41) is 0. The Morgan fingerprint density at radius 1 is 0.778 bits per heavy atom. The Morgan fingerprint density at radius 3 is 2.06 bits per heavy atom. The quantitative estimate of drug-likeness (QED) is 0.680. The molecule has 92 valence electrons. The van der Waals surface area contributed by atoms with E-state index in [4.69, 9.17) is 0 Å². The second kappa shape index (κ2) is 4.95. The molecule has 0 N–H and O–H groups in total. The lowest BCUT2D eigenvalue weighted by molar-refractivity contribution is 0.331.